The van der Waals surface area contributed by atoms with Gasteiger partial charge in [-0.25, -0.2) is 0 Å². The molecule has 1 unspecified atom stereocenters. The van der Waals surface area contributed by atoms with Crippen molar-refractivity contribution in [3.63, 3.8) is 0 Å². The number of hydrogen-bond donors (Lipinski definition) is 2. The van der Waals surface area contributed by atoms with E-state index in [1.807, 2.05) is 12.1 Å². The highest BCUT2D eigenvalue weighted by Gasteiger charge is 2.42. The summed E-state index contributed by atoms with van der Waals surface area (Å²) in [5, 5.41) is 6.61. The zero-order valence-corrected chi connectivity index (χ0v) is 17.3. The fraction of sp³-hybridized carbons (Fsp3) is 0.722. The first-order chi connectivity index (χ1) is 11.8. The number of rotatable bonds is 6. The van der Waals surface area contributed by atoms with Crippen molar-refractivity contribution in [1.29, 1.82) is 0 Å². The Hall–Kier alpha value is -0.800. The van der Waals surface area contributed by atoms with Crippen molar-refractivity contribution in [3.8, 4) is 0 Å². The lowest BCUT2D eigenvalue weighted by Gasteiger charge is -2.31. The van der Waals surface area contributed by atoms with Gasteiger partial charge in [0.2, 0.25) is 0 Å². The maximum Gasteiger partial charge on any atom is 0.191 e. The van der Waals surface area contributed by atoms with Gasteiger partial charge in [-0.05, 0) is 31.9 Å². The molecule has 1 aromatic rings. The number of ether oxygens (including phenoxy) is 2. The van der Waals surface area contributed by atoms with Crippen molar-refractivity contribution in [2.24, 2.45) is 4.99 Å². The SMILES string of the molecule is CCNC(=NCC1COC2(CCCCC2)O1)NCCc1ccco1.I. The average molecular weight is 463 g/mol. The summed E-state index contributed by atoms with van der Waals surface area (Å²) in [7, 11) is 0. The van der Waals surface area contributed by atoms with Crippen molar-refractivity contribution < 1.29 is 13.9 Å². The van der Waals surface area contributed by atoms with Gasteiger partial charge < -0.3 is 24.5 Å². The molecule has 2 aliphatic rings. The van der Waals surface area contributed by atoms with E-state index in [1.54, 1.807) is 6.26 Å². The Balaban J connectivity index is 0.00000225. The van der Waals surface area contributed by atoms with Gasteiger partial charge in [0.1, 0.15) is 11.9 Å². The molecule has 0 amide bonds. The highest BCUT2D eigenvalue weighted by atomic mass is 127. The Bertz CT molecular complexity index is 516. The molecule has 1 saturated heterocycles. The van der Waals surface area contributed by atoms with E-state index >= 15 is 0 Å². The summed E-state index contributed by atoms with van der Waals surface area (Å²) in [5.41, 5.74) is 0. The quantitative estimate of drug-likeness (QED) is 0.386. The molecule has 2 N–H and O–H groups in total. The fourth-order valence-electron chi connectivity index (χ4n) is 3.35. The lowest BCUT2D eigenvalue weighted by molar-refractivity contribution is -0.186. The summed E-state index contributed by atoms with van der Waals surface area (Å²) < 4.78 is 17.5. The minimum atomic E-state index is -0.316. The Morgan fingerprint density at radius 2 is 2.12 bits per heavy atom. The molecule has 0 bridgehead atoms. The molecule has 0 radical (unpaired) electrons. The van der Waals surface area contributed by atoms with Crippen LogP contribution in [0.5, 0.6) is 0 Å². The van der Waals surface area contributed by atoms with Crippen LogP contribution in [0.1, 0.15) is 44.8 Å². The standard InChI is InChI=1S/C18H29N3O3.HI/c1-2-19-17(20-11-8-15-7-6-12-22-15)21-13-16-14-23-18(24-16)9-4-3-5-10-18;/h6-7,12,16H,2-5,8-11,13-14H2,1H3,(H2,19,20,21);1H. The molecule has 3 rings (SSSR count). The summed E-state index contributed by atoms with van der Waals surface area (Å²) in [6.45, 7) is 4.95. The zero-order valence-electron chi connectivity index (χ0n) is 15.0. The largest absolute Gasteiger partial charge is 0.469 e. The van der Waals surface area contributed by atoms with E-state index in [4.69, 9.17) is 13.9 Å². The van der Waals surface area contributed by atoms with Crippen molar-refractivity contribution >= 4 is 29.9 Å². The van der Waals surface area contributed by atoms with Crippen molar-refractivity contribution in [1.82, 2.24) is 10.6 Å². The van der Waals surface area contributed by atoms with E-state index in [0.717, 1.165) is 44.1 Å². The van der Waals surface area contributed by atoms with Crippen LogP contribution in [0.4, 0.5) is 0 Å². The third-order valence-corrected chi connectivity index (χ3v) is 4.57. The number of aliphatic imine (C=N–C) groups is 1. The van der Waals surface area contributed by atoms with E-state index in [0.29, 0.717) is 13.2 Å². The van der Waals surface area contributed by atoms with Crippen LogP contribution >= 0.6 is 24.0 Å². The highest BCUT2D eigenvalue weighted by Crippen LogP contribution is 2.37. The smallest absolute Gasteiger partial charge is 0.191 e. The van der Waals surface area contributed by atoms with Gasteiger partial charge >= 0.3 is 0 Å². The number of nitrogens with zero attached hydrogens (tertiary/aromatic N) is 1. The summed E-state index contributed by atoms with van der Waals surface area (Å²) in [4.78, 5) is 4.65. The maximum atomic E-state index is 6.18. The maximum absolute atomic E-state index is 6.18. The van der Waals surface area contributed by atoms with Crippen LogP contribution in [-0.4, -0.2) is 44.1 Å². The molecule has 1 aromatic heterocycles. The molecule has 142 valence electrons. The molecule has 1 saturated carbocycles. The molecule has 1 aliphatic carbocycles. The van der Waals surface area contributed by atoms with Gasteiger partial charge in [0, 0.05) is 32.4 Å². The van der Waals surface area contributed by atoms with Crippen LogP contribution in [0.2, 0.25) is 0 Å². The molecule has 2 fully saturated rings. The lowest BCUT2D eigenvalue weighted by Crippen LogP contribution is -2.39. The van der Waals surface area contributed by atoms with Crippen molar-refractivity contribution in [2.45, 2.75) is 57.3 Å². The topological polar surface area (TPSA) is 68.0 Å². The van der Waals surface area contributed by atoms with Gasteiger partial charge in [-0.3, -0.25) is 4.99 Å². The summed E-state index contributed by atoms with van der Waals surface area (Å²) in [6.07, 6.45) is 8.34. The van der Waals surface area contributed by atoms with Gasteiger partial charge in [0.15, 0.2) is 11.7 Å². The molecule has 0 aromatic carbocycles. The van der Waals surface area contributed by atoms with Gasteiger partial charge in [-0.2, -0.15) is 0 Å². The molecule has 2 heterocycles. The molecule has 1 atom stereocenters. The molecular weight excluding hydrogens is 433 g/mol. The summed E-state index contributed by atoms with van der Waals surface area (Å²) in [6, 6.07) is 3.90. The van der Waals surface area contributed by atoms with Gasteiger partial charge in [-0.1, -0.05) is 6.42 Å². The number of nitrogens with one attached hydrogen (secondary N) is 2. The van der Waals surface area contributed by atoms with Gasteiger partial charge in [0.25, 0.3) is 0 Å². The van der Waals surface area contributed by atoms with Crippen LogP contribution in [-0.2, 0) is 15.9 Å². The number of hydrogen-bond acceptors (Lipinski definition) is 4. The molecule has 1 aliphatic heterocycles. The van der Waals surface area contributed by atoms with Crippen LogP contribution in [0.3, 0.4) is 0 Å². The monoisotopic (exact) mass is 463 g/mol. The van der Waals surface area contributed by atoms with Crippen LogP contribution in [0.15, 0.2) is 27.8 Å². The van der Waals surface area contributed by atoms with E-state index < -0.39 is 0 Å². The minimum absolute atomic E-state index is 0. The average Bonchev–Trinajstić information content (AvgIpc) is 3.24. The lowest BCUT2D eigenvalue weighted by atomic mass is 9.94. The van der Waals surface area contributed by atoms with Gasteiger partial charge in [-0.15, -0.1) is 24.0 Å². The first-order valence-electron chi connectivity index (χ1n) is 9.16. The van der Waals surface area contributed by atoms with Crippen LogP contribution < -0.4 is 10.6 Å². The van der Waals surface area contributed by atoms with E-state index in [9.17, 15) is 0 Å². The molecule has 6 nitrogen and oxygen atoms in total. The number of halogens is 1. The first kappa shape index (κ1) is 20.5. The van der Waals surface area contributed by atoms with Crippen molar-refractivity contribution in [2.75, 3.05) is 26.2 Å². The Kier molecular flexibility index (Phi) is 8.51. The number of guanidine groups is 1. The second-order valence-corrected chi connectivity index (χ2v) is 6.50. The second-order valence-electron chi connectivity index (χ2n) is 6.50. The fourth-order valence-corrected chi connectivity index (χ4v) is 3.35. The van der Waals surface area contributed by atoms with E-state index in [-0.39, 0.29) is 35.9 Å². The molecule has 1 spiro atoms. The zero-order chi connectivity index (χ0) is 16.7. The van der Waals surface area contributed by atoms with Gasteiger partial charge in [0.05, 0.1) is 19.4 Å². The molecule has 25 heavy (non-hydrogen) atoms. The Morgan fingerprint density at radius 3 is 2.84 bits per heavy atom. The van der Waals surface area contributed by atoms with Crippen LogP contribution in [0, 0.1) is 0 Å². The third-order valence-electron chi connectivity index (χ3n) is 4.57. The normalized spacial score (nSPS) is 22.6. The van der Waals surface area contributed by atoms with E-state index in [2.05, 4.69) is 22.5 Å². The van der Waals surface area contributed by atoms with E-state index in [1.165, 1.54) is 19.3 Å². The molecule has 7 heteroatoms. The molecular formula is C18H30IN3O3. The third kappa shape index (κ3) is 6.14. The Morgan fingerprint density at radius 1 is 1.28 bits per heavy atom. The second kappa shape index (κ2) is 10.4. The Labute approximate surface area is 167 Å². The number of furan rings is 1. The predicted octanol–water partition coefficient (Wildman–Crippen LogP) is 3.07. The summed E-state index contributed by atoms with van der Waals surface area (Å²) in [5.74, 6) is 1.48. The van der Waals surface area contributed by atoms with Crippen LogP contribution in [0.25, 0.3) is 0 Å². The first-order valence-corrected chi connectivity index (χ1v) is 9.16. The van der Waals surface area contributed by atoms with Crippen molar-refractivity contribution in [3.05, 3.63) is 24.2 Å². The predicted molar refractivity (Wildman–Crippen MR) is 108 cm³/mol. The minimum Gasteiger partial charge on any atom is -0.469 e. The summed E-state index contributed by atoms with van der Waals surface area (Å²) >= 11 is 0. The highest BCUT2D eigenvalue weighted by molar-refractivity contribution is 14.0.